The number of nitrogens with zero attached hydrogens (tertiary/aromatic N) is 1. The van der Waals surface area contributed by atoms with Gasteiger partial charge in [-0.25, -0.2) is 4.98 Å². The molecule has 2 aromatic carbocycles. The number of hydrogen-bond acceptors (Lipinski definition) is 3. The number of carbonyl (C=O) groups is 1. The summed E-state index contributed by atoms with van der Waals surface area (Å²) >= 11 is 7.51. The summed E-state index contributed by atoms with van der Waals surface area (Å²) < 4.78 is 0. The summed E-state index contributed by atoms with van der Waals surface area (Å²) in [6.45, 7) is 2.46. The highest BCUT2D eigenvalue weighted by atomic mass is 79.9. The van der Waals surface area contributed by atoms with E-state index in [0.717, 1.165) is 21.1 Å². The maximum Gasteiger partial charge on any atom is 0.251 e. The maximum atomic E-state index is 12.1. The molecule has 1 heterocycles. The lowest BCUT2D eigenvalue weighted by molar-refractivity contribution is 0.0951. The molecule has 124 valence electrons. The summed E-state index contributed by atoms with van der Waals surface area (Å²) in [5.41, 5.74) is 2.62. The quantitative estimate of drug-likeness (QED) is 0.620. The second-order valence-electron chi connectivity index (χ2n) is 5.07. The van der Waals surface area contributed by atoms with Crippen LogP contribution in [0.3, 0.4) is 0 Å². The number of thiazole rings is 1. The molecule has 0 aliphatic rings. The van der Waals surface area contributed by atoms with Gasteiger partial charge in [0.2, 0.25) is 0 Å². The maximum absolute atomic E-state index is 12.1. The summed E-state index contributed by atoms with van der Waals surface area (Å²) in [6.07, 6.45) is 0. The van der Waals surface area contributed by atoms with Crippen LogP contribution in [0, 0.1) is 6.92 Å². The van der Waals surface area contributed by atoms with E-state index in [9.17, 15) is 4.79 Å². The molecule has 0 radical (unpaired) electrons. The van der Waals surface area contributed by atoms with E-state index in [1.54, 1.807) is 23.5 Å². The molecule has 0 saturated heterocycles. The van der Waals surface area contributed by atoms with E-state index in [0.29, 0.717) is 17.1 Å². The number of carbonyl (C=O) groups excluding carboxylic acids is 1. The summed E-state index contributed by atoms with van der Waals surface area (Å²) in [7, 11) is 0. The van der Waals surface area contributed by atoms with Gasteiger partial charge >= 0.3 is 0 Å². The molecule has 0 fully saturated rings. The second kappa shape index (κ2) is 8.42. The summed E-state index contributed by atoms with van der Waals surface area (Å²) in [6, 6.07) is 16.8. The van der Waals surface area contributed by atoms with Crippen molar-refractivity contribution in [2.75, 3.05) is 0 Å². The minimum absolute atomic E-state index is 0. The van der Waals surface area contributed by atoms with Crippen LogP contribution in [-0.4, -0.2) is 10.9 Å². The van der Waals surface area contributed by atoms with Crippen LogP contribution >= 0.6 is 39.9 Å². The fraction of sp³-hybridized carbons (Fsp3) is 0.111. The topological polar surface area (TPSA) is 42.0 Å². The second-order valence-corrected chi connectivity index (χ2v) is 6.79. The van der Waals surface area contributed by atoms with E-state index in [1.807, 2.05) is 49.4 Å². The van der Waals surface area contributed by atoms with Crippen molar-refractivity contribution in [2.45, 2.75) is 13.5 Å². The van der Waals surface area contributed by atoms with Crippen molar-refractivity contribution < 1.29 is 4.79 Å². The van der Waals surface area contributed by atoms with Crippen molar-refractivity contribution in [1.82, 2.24) is 10.3 Å². The lowest BCUT2D eigenvalue weighted by atomic mass is 10.1. The van der Waals surface area contributed by atoms with Crippen LogP contribution in [0.25, 0.3) is 11.3 Å². The Hall–Kier alpha value is -1.69. The van der Waals surface area contributed by atoms with Crippen LogP contribution in [0.5, 0.6) is 0 Å². The van der Waals surface area contributed by atoms with Crippen LogP contribution in [0.2, 0.25) is 5.02 Å². The van der Waals surface area contributed by atoms with E-state index in [4.69, 9.17) is 11.6 Å². The van der Waals surface area contributed by atoms with Crippen LogP contribution in [-0.2, 0) is 6.54 Å². The van der Waals surface area contributed by atoms with E-state index < -0.39 is 0 Å². The minimum atomic E-state index is -0.0912. The first-order valence-electron chi connectivity index (χ1n) is 7.19. The number of amides is 1. The SMILES string of the molecule is Br.Cc1sc(CNC(=O)c2ccccc2)nc1-c1ccc(Cl)cc1. The Morgan fingerprint density at radius 2 is 1.79 bits per heavy atom. The lowest BCUT2D eigenvalue weighted by Gasteiger charge is -2.02. The average Bonchev–Trinajstić information content (AvgIpc) is 2.95. The van der Waals surface area contributed by atoms with E-state index in [1.165, 1.54) is 0 Å². The molecule has 3 rings (SSSR count). The van der Waals surface area contributed by atoms with Gasteiger partial charge in [-0.15, -0.1) is 28.3 Å². The van der Waals surface area contributed by atoms with Crippen LogP contribution < -0.4 is 5.32 Å². The van der Waals surface area contributed by atoms with Gasteiger partial charge in [0.05, 0.1) is 12.2 Å². The Morgan fingerprint density at radius 3 is 2.46 bits per heavy atom. The third-order valence-corrected chi connectivity index (χ3v) is 4.62. The van der Waals surface area contributed by atoms with Gasteiger partial charge in [-0.1, -0.05) is 41.9 Å². The highest BCUT2D eigenvalue weighted by molar-refractivity contribution is 8.93. The van der Waals surface area contributed by atoms with Crippen molar-refractivity contribution >= 4 is 45.8 Å². The molecule has 3 nitrogen and oxygen atoms in total. The first-order chi connectivity index (χ1) is 11.1. The highest BCUT2D eigenvalue weighted by Gasteiger charge is 2.11. The number of benzene rings is 2. The predicted molar refractivity (Wildman–Crippen MR) is 105 cm³/mol. The van der Waals surface area contributed by atoms with Crippen molar-refractivity contribution in [3.8, 4) is 11.3 Å². The van der Waals surface area contributed by atoms with Crippen LogP contribution in [0.1, 0.15) is 20.2 Å². The third-order valence-electron chi connectivity index (χ3n) is 3.39. The average molecular weight is 424 g/mol. The number of halogens is 2. The Bertz CT molecular complexity index is 819. The molecule has 0 saturated carbocycles. The standard InChI is InChI=1S/C18H15ClN2OS.BrH/c1-12-17(13-7-9-15(19)10-8-13)21-16(23-12)11-20-18(22)14-5-3-2-4-6-14;/h2-10H,11H2,1H3,(H,20,22);1H. The van der Waals surface area contributed by atoms with Gasteiger partial charge in [-0.2, -0.15) is 0 Å². The molecule has 24 heavy (non-hydrogen) atoms. The smallest absolute Gasteiger partial charge is 0.251 e. The Labute approximate surface area is 160 Å². The van der Waals surface area contributed by atoms with Gasteiger partial charge in [0, 0.05) is 21.0 Å². The van der Waals surface area contributed by atoms with Crippen molar-refractivity contribution in [3.63, 3.8) is 0 Å². The van der Waals surface area contributed by atoms with Crippen LogP contribution in [0.15, 0.2) is 54.6 Å². The Morgan fingerprint density at radius 1 is 1.12 bits per heavy atom. The largest absolute Gasteiger partial charge is 0.346 e. The van der Waals surface area contributed by atoms with Crippen molar-refractivity contribution in [2.24, 2.45) is 0 Å². The molecule has 6 heteroatoms. The number of aryl methyl sites for hydroxylation is 1. The van der Waals surface area contributed by atoms with Gasteiger partial charge < -0.3 is 5.32 Å². The van der Waals surface area contributed by atoms with Gasteiger partial charge in [-0.05, 0) is 31.2 Å². The van der Waals surface area contributed by atoms with Gasteiger partial charge in [0.25, 0.3) is 5.91 Å². The zero-order chi connectivity index (χ0) is 16.2. The molecule has 3 aromatic rings. The third kappa shape index (κ3) is 4.44. The molecule has 0 aliphatic heterocycles. The fourth-order valence-electron chi connectivity index (χ4n) is 2.25. The molecule has 1 N–H and O–H groups in total. The molecule has 0 aliphatic carbocycles. The number of rotatable bonds is 4. The zero-order valence-corrected chi connectivity index (χ0v) is 16.2. The first-order valence-corrected chi connectivity index (χ1v) is 8.38. The van der Waals surface area contributed by atoms with Gasteiger partial charge in [0.1, 0.15) is 5.01 Å². The van der Waals surface area contributed by atoms with E-state index in [2.05, 4.69) is 10.3 Å². The monoisotopic (exact) mass is 422 g/mol. The normalized spacial score (nSPS) is 10.1. The molecular formula is C18H16BrClN2OS. The number of nitrogens with one attached hydrogen (secondary N) is 1. The summed E-state index contributed by atoms with van der Waals surface area (Å²) in [5.74, 6) is -0.0912. The highest BCUT2D eigenvalue weighted by Crippen LogP contribution is 2.28. The first kappa shape index (κ1) is 18.6. The van der Waals surface area contributed by atoms with Gasteiger partial charge in [-0.3, -0.25) is 4.79 Å². The molecule has 0 atom stereocenters. The van der Waals surface area contributed by atoms with Crippen LogP contribution in [0.4, 0.5) is 0 Å². The number of hydrogen-bond donors (Lipinski definition) is 1. The zero-order valence-electron chi connectivity index (χ0n) is 13.0. The summed E-state index contributed by atoms with van der Waals surface area (Å²) in [4.78, 5) is 17.8. The molecule has 0 spiro atoms. The van der Waals surface area contributed by atoms with Crippen molar-refractivity contribution in [1.29, 1.82) is 0 Å². The van der Waals surface area contributed by atoms with E-state index >= 15 is 0 Å². The van der Waals surface area contributed by atoms with Gasteiger partial charge in [0.15, 0.2) is 0 Å². The molecular weight excluding hydrogens is 408 g/mol. The Balaban J connectivity index is 0.00000208. The van der Waals surface area contributed by atoms with E-state index in [-0.39, 0.29) is 22.9 Å². The fourth-order valence-corrected chi connectivity index (χ4v) is 3.27. The number of aromatic nitrogens is 1. The van der Waals surface area contributed by atoms with Crippen molar-refractivity contribution in [3.05, 3.63) is 75.1 Å². The summed E-state index contributed by atoms with van der Waals surface area (Å²) in [5, 5.41) is 4.50. The molecule has 1 aromatic heterocycles. The predicted octanol–water partition coefficient (Wildman–Crippen LogP) is 5.28. The molecule has 1 amide bonds. The molecule has 0 unspecified atom stereocenters. The molecule has 0 bridgehead atoms. The minimum Gasteiger partial charge on any atom is -0.346 e. The Kier molecular flexibility index (Phi) is 6.54. The lowest BCUT2D eigenvalue weighted by Crippen LogP contribution is -2.22.